The van der Waals surface area contributed by atoms with E-state index in [1.165, 1.54) is 18.4 Å². The van der Waals surface area contributed by atoms with Gasteiger partial charge in [-0.1, -0.05) is 44.0 Å². The predicted molar refractivity (Wildman–Crippen MR) is 125 cm³/mol. The first-order valence-corrected chi connectivity index (χ1v) is 11.4. The summed E-state index contributed by atoms with van der Waals surface area (Å²) in [6, 6.07) is 8.64. The van der Waals surface area contributed by atoms with Crippen molar-refractivity contribution < 1.29 is 24.4 Å². The lowest BCUT2D eigenvalue weighted by molar-refractivity contribution is -0.127. The number of rotatable bonds is 7. The van der Waals surface area contributed by atoms with E-state index >= 15 is 0 Å². The lowest BCUT2D eigenvalue weighted by Gasteiger charge is -2.33. The van der Waals surface area contributed by atoms with Crippen LogP contribution in [0.1, 0.15) is 56.1 Å². The molecular formula is C23H30BNO5S. The van der Waals surface area contributed by atoms with Crippen molar-refractivity contribution in [3.63, 3.8) is 0 Å². The van der Waals surface area contributed by atoms with Gasteiger partial charge in [0.2, 0.25) is 0 Å². The summed E-state index contributed by atoms with van der Waals surface area (Å²) < 4.78 is 4.96. The average Bonchev–Trinajstić information content (AvgIpc) is 3.16. The highest BCUT2D eigenvalue weighted by Crippen LogP contribution is 2.38. The number of hydrogen-bond donors (Lipinski definition) is 3. The number of methoxy groups -OCH3 is 1. The molecule has 3 rings (SSSR count). The molecule has 0 saturated heterocycles. The monoisotopic (exact) mass is 443 g/mol. The van der Waals surface area contributed by atoms with Crippen molar-refractivity contribution in [3.8, 4) is 10.4 Å². The number of anilines is 1. The molecule has 1 heterocycles. The Morgan fingerprint density at radius 3 is 2.29 bits per heavy atom. The predicted octanol–water partition coefficient (Wildman–Crippen LogP) is 3.47. The third-order valence-electron chi connectivity index (χ3n) is 6.05. The van der Waals surface area contributed by atoms with Crippen molar-refractivity contribution >= 4 is 41.4 Å². The first kappa shape index (κ1) is 23.5. The summed E-state index contributed by atoms with van der Waals surface area (Å²) in [6.07, 6.45) is 3.96. The molecule has 1 aliphatic carbocycles. The zero-order chi connectivity index (χ0) is 22.8. The van der Waals surface area contributed by atoms with Crippen LogP contribution in [0.15, 0.2) is 30.3 Å². The number of hydrogen-bond acceptors (Lipinski definition) is 7. The zero-order valence-corrected chi connectivity index (χ0v) is 19.3. The van der Waals surface area contributed by atoms with Crippen LogP contribution in [0.4, 0.5) is 5.69 Å². The largest absolute Gasteiger partial charge is 0.488 e. The van der Waals surface area contributed by atoms with Crippen LogP contribution >= 0.6 is 11.3 Å². The van der Waals surface area contributed by atoms with Crippen LogP contribution < -0.4 is 10.8 Å². The van der Waals surface area contributed by atoms with E-state index in [1.54, 1.807) is 24.3 Å². The summed E-state index contributed by atoms with van der Waals surface area (Å²) in [4.78, 5) is 26.9. The minimum atomic E-state index is -1.53. The molecule has 2 aromatic rings. The second kappa shape index (κ2) is 9.55. The number of benzene rings is 1. The van der Waals surface area contributed by atoms with Gasteiger partial charge >= 0.3 is 13.1 Å². The SMILES string of the molecule is COC(=O)c1sc(-c2ccc(B(O)O)cc2)cc1NC(C)(C)C(=O)C1CCC(C)CC1. The maximum absolute atomic E-state index is 13.2. The van der Waals surface area contributed by atoms with E-state index in [1.807, 2.05) is 19.9 Å². The lowest BCUT2D eigenvalue weighted by Crippen LogP contribution is -2.45. The number of esters is 1. The molecule has 0 spiro atoms. The number of carbonyl (C=O) groups is 2. The van der Waals surface area contributed by atoms with Crippen molar-refractivity contribution in [1.82, 2.24) is 0 Å². The molecule has 1 aromatic heterocycles. The topological polar surface area (TPSA) is 95.9 Å². The molecule has 0 aliphatic heterocycles. The minimum Gasteiger partial charge on any atom is -0.465 e. The first-order valence-electron chi connectivity index (χ1n) is 10.6. The molecule has 1 saturated carbocycles. The van der Waals surface area contributed by atoms with Gasteiger partial charge in [0.25, 0.3) is 0 Å². The van der Waals surface area contributed by atoms with Crippen molar-refractivity contribution in [2.45, 2.75) is 52.0 Å². The Morgan fingerprint density at radius 1 is 1.13 bits per heavy atom. The number of Topliss-reactive ketones (excluding diaryl/α,β-unsaturated/α-hetero) is 1. The number of ketones is 1. The molecule has 0 atom stereocenters. The van der Waals surface area contributed by atoms with E-state index in [0.717, 1.165) is 36.1 Å². The molecule has 8 heteroatoms. The highest BCUT2D eigenvalue weighted by molar-refractivity contribution is 7.18. The molecule has 1 aromatic carbocycles. The molecule has 166 valence electrons. The smallest absolute Gasteiger partial charge is 0.465 e. The minimum absolute atomic E-state index is 0.0378. The molecule has 31 heavy (non-hydrogen) atoms. The second-order valence-corrected chi connectivity index (χ2v) is 9.96. The van der Waals surface area contributed by atoms with Crippen LogP contribution in [-0.4, -0.2) is 41.6 Å². The standard InChI is InChI=1S/C23H30BNO5S/c1-14-5-7-16(8-6-14)21(26)23(2,3)25-18-13-19(31-20(18)22(27)30-4)15-9-11-17(12-10-15)24(28)29/h9-14,16,25,28-29H,5-8H2,1-4H3. The van der Waals surface area contributed by atoms with Gasteiger partial charge in [-0.15, -0.1) is 11.3 Å². The van der Waals surface area contributed by atoms with Gasteiger partial charge < -0.3 is 20.1 Å². The average molecular weight is 443 g/mol. The Kier molecular flexibility index (Phi) is 7.24. The van der Waals surface area contributed by atoms with Crippen LogP contribution in [0.25, 0.3) is 10.4 Å². The summed E-state index contributed by atoms with van der Waals surface area (Å²) in [7, 11) is -0.197. The van der Waals surface area contributed by atoms with Crippen molar-refractivity contribution in [3.05, 3.63) is 35.2 Å². The molecule has 3 N–H and O–H groups in total. The van der Waals surface area contributed by atoms with Gasteiger partial charge in [0.05, 0.1) is 18.3 Å². The molecular weight excluding hydrogens is 413 g/mol. The van der Waals surface area contributed by atoms with Crippen LogP contribution in [-0.2, 0) is 9.53 Å². The normalized spacial score (nSPS) is 19.0. The molecule has 1 aliphatic rings. The van der Waals surface area contributed by atoms with Crippen LogP contribution in [0.3, 0.4) is 0 Å². The number of ether oxygens (including phenoxy) is 1. The molecule has 0 bridgehead atoms. The third-order valence-corrected chi connectivity index (χ3v) is 7.21. The van der Waals surface area contributed by atoms with Crippen molar-refractivity contribution in [1.29, 1.82) is 0 Å². The van der Waals surface area contributed by atoms with Gasteiger partial charge in [0.15, 0.2) is 5.78 Å². The number of carbonyl (C=O) groups excluding carboxylic acids is 2. The van der Waals surface area contributed by atoms with Gasteiger partial charge in [-0.05, 0) is 49.7 Å². The maximum Gasteiger partial charge on any atom is 0.488 e. The van der Waals surface area contributed by atoms with E-state index in [9.17, 15) is 19.6 Å². The fourth-order valence-electron chi connectivity index (χ4n) is 4.12. The molecule has 1 fully saturated rings. The van der Waals surface area contributed by atoms with E-state index in [0.29, 0.717) is 21.9 Å². The van der Waals surface area contributed by atoms with Crippen LogP contribution in [0.5, 0.6) is 0 Å². The fourth-order valence-corrected chi connectivity index (χ4v) is 5.16. The summed E-state index contributed by atoms with van der Waals surface area (Å²) in [5.74, 6) is 0.416. The Morgan fingerprint density at radius 2 is 1.74 bits per heavy atom. The summed E-state index contributed by atoms with van der Waals surface area (Å²) in [5.41, 5.74) is 0.969. The number of nitrogens with one attached hydrogen (secondary N) is 1. The van der Waals surface area contributed by atoms with Gasteiger partial charge in [-0.2, -0.15) is 0 Å². The fraction of sp³-hybridized carbons (Fsp3) is 0.478. The first-order chi connectivity index (χ1) is 14.6. The van der Waals surface area contributed by atoms with Crippen molar-refractivity contribution in [2.24, 2.45) is 11.8 Å². The summed E-state index contributed by atoms with van der Waals surface area (Å²) in [5, 5.41) is 21.9. The Hall–Kier alpha value is -2.16. The maximum atomic E-state index is 13.2. The third kappa shape index (κ3) is 5.37. The molecule has 0 radical (unpaired) electrons. The van der Waals surface area contributed by atoms with Crippen molar-refractivity contribution in [2.75, 3.05) is 12.4 Å². The van der Waals surface area contributed by atoms with Crippen LogP contribution in [0, 0.1) is 11.8 Å². The lowest BCUT2D eigenvalue weighted by atomic mass is 9.76. The van der Waals surface area contributed by atoms with E-state index < -0.39 is 18.6 Å². The Balaban J connectivity index is 1.87. The van der Waals surface area contributed by atoms with Gasteiger partial charge in [-0.25, -0.2) is 4.79 Å². The van der Waals surface area contributed by atoms with Gasteiger partial charge in [0.1, 0.15) is 4.88 Å². The molecule has 0 amide bonds. The van der Waals surface area contributed by atoms with Crippen LogP contribution in [0.2, 0.25) is 0 Å². The van der Waals surface area contributed by atoms with E-state index in [4.69, 9.17) is 4.74 Å². The highest BCUT2D eigenvalue weighted by Gasteiger charge is 2.36. The zero-order valence-electron chi connectivity index (χ0n) is 18.5. The van der Waals surface area contributed by atoms with Gasteiger partial charge in [0, 0.05) is 10.8 Å². The number of thiophene rings is 1. The molecule has 6 nitrogen and oxygen atoms in total. The summed E-state index contributed by atoms with van der Waals surface area (Å²) in [6.45, 7) is 5.96. The Labute approximate surface area is 187 Å². The van der Waals surface area contributed by atoms with E-state index in [2.05, 4.69) is 12.2 Å². The molecule has 0 unspecified atom stereocenters. The van der Waals surface area contributed by atoms with E-state index in [-0.39, 0.29) is 11.7 Å². The quantitative estimate of drug-likeness (QED) is 0.448. The Bertz CT molecular complexity index is 930. The summed E-state index contributed by atoms with van der Waals surface area (Å²) >= 11 is 1.27. The highest BCUT2D eigenvalue weighted by atomic mass is 32.1. The second-order valence-electron chi connectivity index (χ2n) is 8.91. The van der Waals surface area contributed by atoms with Gasteiger partial charge in [-0.3, -0.25) is 4.79 Å².